The van der Waals surface area contributed by atoms with E-state index in [4.69, 9.17) is 0 Å². The van der Waals surface area contributed by atoms with E-state index in [1.54, 1.807) is 0 Å². The molecule has 4 aliphatic carbocycles. The Balaban J connectivity index is 1.91. The minimum absolute atomic E-state index is 0.0590. The summed E-state index contributed by atoms with van der Waals surface area (Å²) in [7, 11) is 0. The summed E-state index contributed by atoms with van der Waals surface area (Å²) in [5.74, 6) is -0.293. The van der Waals surface area contributed by atoms with Crippen LogP contribution in [0.2, 0.25) is 0 Å². The van der Waals surface area contributed by atoms with Crippen molar-refractivity contribution < 1.29 is 19.8 Å². The van der Waals surface area contributed by atoms with Crippen molar-refractivity contribution in [3.05, 3.63) is 12.2 Å². The van der Waals surface area contributed by atoms with Crippen LogP contribution in [0.25, 0.3) is 0 Å². The van der Waals surface area contributed by atoms with E-state index >= 15 is 0 Å². The minimum atomic E-state index is -1.09. The molecule has 0 aromatic carbocycles. The zero-order valence-electron chi connectivity index (χ0n) is 15.3. The standard InChI is InChI=1S/C21H30O4/c1-4-20-9-5-8-19(3,11-22)15(20)10-16(23)21-14(20)7-6-13(18(21)25)12(2)17(21)24/h11,13-16,18,23,25H,2,4-10H2,1,3H3/t13-,14-,15+,16+,18+,19+,20-,21-/m0/s1. The lowest BCUT2D eigenvalue weighted by molar-refractivity contribution is -0.229. The largest absolute Gasteiger partial charge is 0.392 e. The number of aliphatic hydroxyl groups excluding tert-OH is 2. The highest BCUT2D eigenvalue weighted by molar-refractivity contribution is 6.04. The van der Waals surface area contributed by atoms with Gasteiger partial charge in [0.25, 0.3) is 0 Å². The Labute approximate surface area is 149 Å². The van der Waals surface area contributed by atoms with E-state index in [2.05, 4.69) is 13.5 Å². The summed E-state index contributed by atoms with van der Waals surface area (Å²) in [5, 5.41) is 22.3. The maximum atomic E-state index is 13.2. The maximum Gasteiger partial charge on any atom is 0.170 e. The van der Waals surface area contributed by atoms with Crippen molar-refractivity contribution in [3.8, 4) is 0 Å². The van der Waals surface area contributed by atoms with Gasteiger partial charge in [-0.05, 0) is 61.3 Å². The van der Waals surface area contributed by atoms with Crippen LogP contribution in [0.1, 0.15) is 58.8 Å². The van der Waals surface area contributed by atoms with Crippen LogP contribution in [0.5, 0.6) is 0 Å². The number of carbonyl (C=O) groups excluding carboxylic acids is 2. The number of rotatable bonds is 2. The summed E-state index contributed by atoms with van der Waals surface area (Å²) in [6, 6.07) is 0. The van der Waals surface area contributed by atoms with Gasteiger partial charge in [0.15, 0.2) is 5.78 Å². The van der Waals surface area contributed by atoms with Gasteiger partial charge in [0.2, 0.25) is 0 Å². The molecule has 4 heteroatoms. The summed E-state index contributed by atoms with van der Waals surface area (Å²) >= 11 is 0. The summed E-state index contributed by atoms with van der Waals surface area (Å²) in [6.45, 7) is 8.15. The molecule has 2 N–H and O–H groups in total. The van der Waals surface area contributed by atoms with Crippen LogP contribution in [-0.2, 0) is 9.59 Å². The van der Waals surface area contributed by atoms with Crippen molar-refractivity contribution >= 4 is 12.1 Å². The second kappa shape index (κ2) is 5.26. The molecule has 0 heterocycles. The number of fused-ring (bicyclic) bond motifs is 3. The molecule has 0 aromatic heterocycles. The lowest BCUT2D eigenvalue weighted by Crippen LogP contribution is -2.68. The van der Waals surface area contributed by atoms with Crippen LogP contribution in [-0.4, -0.2) is 34.5 Å². The summed E-state index contributed by atoms with van der Waals surface area (Å²) in [5.41, 5.74) is -1.18. The van der Waals surface area contributed by atoms with Gasteiger partial charge in [0.1, 0.15) is 6.29 Å². The Hall–Kier alpha value is -1.00. The molecule has 4 saturated carbocycles. The van der Waals surface area contributed by atoms with Crippen molar-refractivity contribution in [2.24, 2.45) is 34.0 Å². The molecule has 0 aromatic rings. The highest BCUT2D eigenvalue weighted by Crippen LogP contribution is 2.71. The molecule has 0 amide bonds. The molecule has 2 bridgehead atoms. The van der Waals surface area contributed by atoms with Gasteiger partial charge in [-0.15, -0.1) is 0 Å². The second-order valence-corrected chi connectivity index (χ2v) is 9.34. The molecule has 4 aliphatic rings. The van der Waals surface area contributed by atoms with Crippen molar-refractivity contribution in [3.63, 3.8) is 0 Å². The van der Waals surface area contributed by atoms with E-state index in [0.29, 0.717) is 12.0 Å². The molecular formula is C21H30O4. The van der Waals surface area contributed by atoms with Crippen molar-refractivity contribution in [2.45, 2.75) is 71.0 Å². The van der Waals surface area contributed by atoms with Crippen molar-refractivity contribution in [1.29, 1.82) is 0 Å². The highest BCUT2D eigenvalue weighted by atomic mass is 16.3. The molecule has 4 fully saturated rings. The molecule has 25 heavy (non-hydrogen) atoms. The van der Waals surface area contributed by atoms with Crippen LogP contribution in [0.4, 0.5) is 0 Å². The highest BCUT2D eigenvalue weighted by Gasteiger charge is 2.74. The number of aliphatic hydroxyl groups is 2. The van der Waals surface area contributed by atoms with Gasteiger partial charge < -0.3 is 15.0 Å². The minimum Gasteiger partial charge on any atom is -0.392 e. The van der Waals surface area contributed by atoms with E-state index in [0.717, 1.165) is 44.8 Å². The van der Waals surface area contributed by atoms with Gasteiger partial charge in [-0.3, -0.25) is 4.79 Å². The number of carbonyl (C=O) groups is 2. The predicted octanol–water partition coefficient (Wildman–Crippen LogP) is 2.67. The Kier molecular flexibility index (Phi) is 3.66. The fourth-order valence-corrected chi connectivity index (χ4v) is 7.68. The Morgan fingerprint density at radius 3 is 2.60 bits per heavy atom. The topological polar surface area (TPSA) is 74.6 Å². The van der Waals surface area contributed by atoms with Crippen LogP contribution < -0.4 is 0 Å². The quantitative estimate of drug-likeness (QED) is 0.595. The normalized spacial score (nSPS) is 54.8. The first kappa shape index (κ1) is 17.4. The second-order valence-electron chi connectivity index (χ2n) is 9.34. The van der Waals surface area contributed by atoms with E-state index in [1.807, 2.05) is 6.92 Å². The third-order valence-corrected chi connectivity index (χ3v) is 8.83. The number of hydrogen-bond acceptors (Lipinski definition) is 4. The van der Waals surface area contributed by atoms with Gasteiger partial charge in [0.05, 0.1) is 17.6 Å². The van der Waals surface area contributed by atoms with Crippen molar-refractivity contribution in [1.82, 2.24) is 0 Å². The van der Waals surface area contributed by atoms with Gasteiger partial charge in [-0.2, -0.15) is 0 Å². The first-order valence-corrected chi connectivity index (χ1v) is 9.85. The van der Waals surface area contributed by atoms with Crippen LogP contribution in [0, 0.1) is 34.0 Å². The molecule has 1 spiro atoms. The van der Waals surface area contributed by atoms with E-state index < -0.39 is 23.0 Å². The van der Waals surface area contributed by atoms with Gasteiger partial charge >= 0.3 is 0 Å². The molecule has 8 atom stereocenters. The number of aldehydes is 1. The first-order chi connectivity index (χ1) is 11.8. The average Bonchev–Trinajstić information content (AvgIpc) is 2.71. The van der Waals surface area contributed by atoms with Crippen LogP contribution in [0.3, 0.4) is 0 Å². The molecule has 138 valence electrons. The number of hydrogen-bond donors (Lipinski definition) is 2. The molecule has 0 saturated heterocycles. The smallest absolute Gasteiger partial charge is 0.170 e. The molecule has 0 radical (unpaired) electrons. The Morgan fingerprint density at radius 2 is 1.96 bits per heavy atom. The molecule has 4 nitrogen and oxygen atoms in total. The fourth-order valence-electron chi connectivity index (χ4n) is 7.68. The summed E-state index contributed by atoms with van der Waals surface area (Å²) < 4.78 is 0. The molecule has 0 unspecified atom stereocenters. The Morgan fingerprint density at radius 1 is 1.24 bits per heavy atom. The lowest BCUT2D eigenvalue weighted by Gasteiger charge is -2.65. The molecular weight excluding hydrogens is 316 g/mol. The number of Topliss-reactive ketones (excluding diaryl/α,β-unsaturated/α-hetero) is 1. The van der Waals surface area contributed by atoms with Gasteiger partial charge in [-0.25, -0.2) is 0 Å². The zero-order valence-corrected chi connectivity index (χ0v) is 15.3. The fraction of sp³-hybridized carbons (Fsp3) is 0.810. The SMILES string of the molecule is C=C1C(=O)[C@@]23[C@H](O)C[C@H]4[C@@](CC)(CCC[C@]4(C)C=O)[C@@H]2CC[C@@H]1[C@H]3O. The lowest BCUT2D eigenvalue weighted by atomic mass is 9.38. The predicted molar refractivity (Wildman–Crippen MR) is 93.7 cm³/mol. The van der Waals surface area contributed by atoms with E-state index in [1.165, 1.54) is 0 Å². The van der Waals surface area contributed by atoms with Crippen LogP contribution >= 0.6 is 0 Å². The van der Waals surface area contributed by atoms with Gasteiger partial charge in [0, 0.05) is 11.3 Å². The Bertz CT molecular complexity index is 642. The molecule has 0 aliphatic heterocycles. The van der Waals surface area contributed by atoms with E-state index in [-0.39, 0.29) is 29.0 Å². The third kappa shape index (κ3) is 1.76. The maximum absolute atomic E-state index is 13.2. The average molecular weight is 346 g/mol. The zero-order chi connectivity index (χ0) is 18.2. The van der Waals surface area contributed by atoms with Crippen molar-refractivity contribution in [2.75, 3.05) is 0 Å². The molecule has 4 rings (SSSR count). The van der Waals surface area contributed by atoms with E-state index in [9.17, 15) is 19.8 Å². The summed E-state index contributed by atoms with van der Waals surface area (Å²) in [6.07, 6.45) is 5.09. The number of ketones is 1. The summed E-state index contributed by atoms with van der Waals surface area (Å²) in [4.78, 5) is 25.2. The van der Waals surface area contributed by atoms with Gasteiger partial charge in [-0.1, -0.05) is 26.8 Å². The van der Waals surface area contributed by atoms with Crippen LogP contribution in [0.15, 0.2) is 12.2 Å². The third-order valence-electron chi connectivity index (χ3n) is 8.83. The monoisotopic (exact) mass is 346 g/mol. The first-order valence-electron chi connectivity index (χ1n) is 9.85.